The molecule has 4 heteroatoms. The molecule has 86 valence electrons. The van der Waals surface area contributed by atoms with E-state index in [1.54, 1.807) is 12.3 Å². The number of nitrogens with zero attached hydrogens (tertiary/aromatic N) is 1. The number of aromatic nitrogens is 1. The predicted molar refractivity (Wildman–Crippen MR) is 67.6 cm³/mol. The van der Waals surface area contributed by atoms with Gasteiger partial charge in [-0.3, -0.25) is 0 Å². The SMILES string of the molecule is NC(=S)c1ccnc(OC2CCCCC2)c1. The molecule has 0 radical (unpaired) electrons. The van der Waals surface area contributed by atoms with Gasteiger partial charge in [-0.15, -0.1) is 0 Å². The number of thiocarbonyl (C=S) groups is 1. The van der Waals surface area contributed by atoms with Crippen LogP contribution in [-0.4, -0.2) is 16.1 Å². The molecule has 0 aromatic carbocycles. The first-order valence-electron chi connectivity index (χ1n) is 5.68. The average molecular weight is 236 g/mol. The molecule has 0 aliphatic heterocycles. The molecular weight excluding hydrogens is 220 g/mol. The van der Waals surface area contributed by atoms with Crippen LogP contribution in [0.3, 0.4) is 0 Å². The molecule has 2 rings (SSSR count). The molecule has 0 spiro atoms. The minimum absolute atomic E-state index is 0.308. The van der Waals surface area contributed by atoms with Crippen LogP contribution >= 0.6 is 12.2 Å². The lowest BCUT2D eigenvalue weighted by Gasteiger charge is -2.22. The number of nitrogens with two attached hydrogens (primary N) is 1. The molecule has 2 N–H and O–H groups in total. The lowest BCUT2D eigenvalue weighted by atomic mass is 9.98. The lowest BCUT2D eigenvalue weighted by molar-refractivity contribution is 0.148. The van der Waals surface area contributed by atoms with E-state index in [9.17, 15) is 0 Å². The summed E-state index contributed by atoms with van der Waals surface area (Å²) in [5.74, 6) is 0.636. The predicted octanol–water partition coefficient (Wildman–Crippen LogP) is 2.43. The zero-order chi connectivity index (χ0) is 11.4. The van der Waals surface area contributed by atoms with Crippen molar-refractivity contribution in [3.8, 4) is 5.88 Å². The van der Waals surface area contributed by atoms with Gasteiger partial charge in [-0.2, -0.15) is 0 Å². The van der Waals surface area contributed by atoms with Gasteiger partial charge in [0, 0.05) is 17.8 Å². The number of rotatable bonds is 3. The fraction of sp³-hybridized carbons (Fsp3) is 0.500. The molecule has 0 amide bonds. The van der Waals surface area contributed by atoms with Crippen LogP contribution in [0, 0.1) is 0 Å². The number of hydrogen-bond donors (Lipinski definition) is 1. The Kier molecular flexibility index (Phi) is 3.72. The van der Waals surface area contributed by atoms with Crippen LogP contribution in [0.25, 0.3) is 0 Å². The fourth-order valence-electron chi connectivity index (χ4n) is 1.98. The summed E-state index contributed by atoms with van der Waals surface area (Å²) < 4.78 is 5.82. The highest BCUT2D eigenvalue weighted by atomic mass is 32.1. The summed E-state index contributed by atoms with van der Waals surface area (Å²) in [6.07, 6.45) is 8.06. The van der Waals surface area contributed by atoms with Crippen molar-refractivity contribution in [2.45, 2.75) is 38.2 Å². The highest BCUT2D eigenvalue weighted by molar-refractivity contribution is 7.80. The van der Waals surface area contributed by atoms with Crippen LogP contribution in [0.1, 0.15) is 37.7 Å². The minimum atomic E-state index is 0.308. The summed E-state index contributed by atoms with van der Waals surface area (Å²) >= 11 is 4.92. The third kappa shape index (κ3) is 2.92. The molecule has 1 fully saturated rings. The van der Waals surface area contributed by atoms with Crippen LogP contribution in [0.2, 0.25) is 0 Å². The molecule has 1 saturated carbocycles. The van der Waals surface area contributed by atoms with Crippen molar-refractivity contribution < 1.29 is 4.74 Å². The maximum Gasteiger partial charge on any atom is 0.214 e. The van der Waals surface area contributed by atoms with Crippen molar-refractivity contribution in [1.29, 1.82) is 0 Å². The van der Waals surface area contributed by atoms with E-state index in [0.717, 1.165) is 18.4 Å². The Bertz CT molecular complexity index is 375. The van der Waals surface area contributed by atoms with Crippen molar-refractivity contribution in [2.75, 3.05) is 0 Å². The quantitative estimate of drug-likeness (QED) is 0.819. The highest BCUT2D eigenvalue weighted by Crippen LogP contribution is 2.22. The fourth-order valence-corrected chi connectivity index (χ4v) is 2.11. The molecule has 1 aromatic rings. The Morgan fingerprint density at radius 3 is 2.81 bits per heavy atom. The Balaban J connectivity index is 2.02. The molecule has 0 saturated heterocycles. The van der Waals surface area contributed by atoms with E-state index in [0.29, 0.717) is 17.0 Å². The summed E-state index contributed by atoms with van der Waals surface area (Å²) in [7, 11) is 0. The summed E-state index contributed by atoms with van der Waals surface area (Å²) in [6, 6.07) is 3.62. The molecule has 16 heavy (non-hydrogen) atoms. The number of ether oxygens (including phenoxy) is 1. The van der Waals surface area contributed by atoms with Crippen LogP contribution in [0.5, 0.6) is 5.88 Å². The van der Waals surface area contributed by atoms with E-state index in [4.69, 9.17) is 22.7 Å². The van der Waals surface area contributed by atoms with Crippen molar-refractivity contribution in [1.82, 2.24) is 4.98 Å². The van der Waals surface area contributed by atoms with E-state index in [1.807, 2.05) is 6.07 Å². The van der Waals surface area contributed by atoms with Crippen LogP contribution in [0.4, 0.5) is 0 Å². The smallest absolute Gasteiger partial charge is 0.214 e. The monoisotopic (exact) mass is 236 g/mol. The second kappa shape index (κ2) is 5.25. The van der Waals surface area contributed by atoms with Crippen LogP contribution < -0.4 is 10.5 Å². The topological polar surface area (TPSA) is 48.1 Å². The van der Waals surface area contributed by atoms with Crippen molar-refractivity contribution in [2.24, 2.45) is 5.73 Å². The van der Waals surface area contributed by atoms with Gasteiger partial charge in [-0.1, -0.05) is 18.6 Å². The Labute approximate surface area is 101 Å². The summed E-state index contributed by atoms with van der Waals surface area (Å²) in [6.45, 7) is 0. The van der Waals surface area contributed by atoms with E-state index in [1.165, 1.54) is 19.3 Å². The summed E-state index contributed by atoms with van der Waals surface area (Å²) in [5, 5.41) is 0. The van der Waals surface area contributed by atoms with Crippen LogP contribution in [0.15, 0.2) is 18.3 Å². The number of hydrogen-bond acceptors (Lipinski definition) is 3. The van der Waals surface area contributed by atoms with E-state index >= 15 is 0 Å². The molecular formula is C12H16N2OS. The average Bonchev–Trinajstić information content (AvgIpc) is 2.30. The third-order valence-corrected chi connectivity index (χ3v) is 3.09. The second-order valence-corrected chi connectivity index (χ2v) is 4.56. The van der Waals surface area contributed by atoms with Gasteiger partial charge in [-0.05, 0) is 31.7 Å². The van der Waals surface area contributed by atoms with Gasteiger partial charge in [0.2, 0.25) is 5.88 Å². The Morgan fingerprint density at radius 1 is 1.38 bits per heavy atom. The molecule has 0 bridgehead atoms. The molecule has 0 atom stereocenters. The van der Waals surface area contributed by atoms with Gasteiger partial charge in [0.05, 0.1) is 0 Å². The van der Waals surface area contributed by atoms with Gasteiger partial charge in [0.15, 0.2) is 0 Å². The van der Waals surface area contributed by atoms with Crippen molar-refractivity contribution in [3.63, 3.8) is 0 Å². The van der Waals surface area contributed by atoms with Gasteiger partial charge in [0.25, 0.3) is 0 Å². The van der Waals surface area contributed by atoms with Gasteiger partial charge < -0.3 is 10.5 Å². The van der Waals surface area contributed by atoms with Gasteiger partial charge in [-0.25, -0.2) is 4.98 Å². The zero-order valence-electron chi connectivity index (χ0n) is 9.19. The molecule has 1 heterocycles. The molecule has 1 aromatic heterocycles. The second-order valence-electron chi connectivity index (χ2n) is 4.12. The third-order valence-electron chi connectivity index (χ3n) is 2.86. The van der Waals surface area contributed by atoms with Gasteiger partial charge in [0.1, 0.15) is 11.1 Å². The minimum Gasteiger partial charge on any atom is -0.474 e. The highest BCUT2D eigenvalue weighted by Gasteiger charge is 2.15. The van der Waals surface area contributed by atoms with E-state index in [-0.39, 0.29) is 0 Å². The van der Waals surface area contributed by atoms with Crippen molar-refractivity contribution in [3.05, 3.63) is 23.9 Å². The zero-order valence-corrected chi connectivity index (χ0v) is 10.0. The first kappa shape index (κ1) is 11.3. The first-order valence-corrected chi connectivity index (χ1v) is 6.09. The van der Waals surface area contributed by atoms with Crippen molar-refractivity contribution >= 4 is 17.2 Å². The van der Waals surface area contributed by atoms with E-state index in [2.05, 4.69) is 4.98 Å². The number of pyridine rings is 1. The molecule has 3 nitrogen and oxygen atoms in total. The van der Waals surface area contributed by atoms with E-state index < -0.39 is 0 Å². The van der Waals surface area contributed by atoms with Gasteiger partial charge >= 0.3 is 0 Å². The first-order chi connectivity index (χ1) is 7.75. The molecule has 1 aliphatic carbocycles. The molecule has 1 aliphatic rings. The maximum atomic E-state index is 5.82. The largest absolute Gasteiger partial charge is 0.474 e. The molecule has 0 unspecified atom stereocenters. The van der Waals surface area contributed by atoms with Crippen LogP contribution in [-0.2, 0) is 0 Å². The summed E-state index contributed by atoms with van der Waals surface area (Å²) in [4.78, 5) is 4.56. The Hall–Kier alpha value is -1.16. The maximum absolute atomic E-state index is 5.82. The normalized spacial score (nSPS) is 17.0. The lowest BCUT2D eigenvalue weighted by Crippen LogP contribution is -2.20. The summed E-state index contributed by atoms with van der Waals surface area (Å²) in [5.41, 5.74) is 6.38. The standard InChI is InChI=1S/C12H16N2OS/c13-12(16)9-6-7-14-11(8-9)15-10-4-2-1-3-5-10/h6-8,10H,1-5H2,(H2,13,16). The Morgan fingerprint density at radius 2 is 2.12 bits per heavy atom.